The van der Waals surface area contributed by atoms with Crippen LogP contribution in [0.4, 0.5) is 0 Å². The molecule has 0 spiro atoms. The van der Waals surface area contributed by atoms with Gasteiger partial charge in [-0.15, -0.1) is 11.3 Å². The van der Waals surface area contributed by atoms with Crippen LogP contribution in [0.2, 0.25) is 0 Å². The maximum Gasteiger partial charge on any atom is 0.0433 e. The third-order valence-corrected chi connectivity index (χ3v) is 4.91. The van der Waals surface area contributed by atoms with Gasteiger partial charge in [0.05, 0.1) is 0 Å². The summed E-state index contributed by atoms with van der Waals surface area (Å²) in [5.74, 6) is 0. The molecule has 3 aromatic carbocycles. The zero-order valence-electron chi connectivity index (χ0n) is 12.2. The average Bonchev–Trinajstić information content (AvgIpc) is 2.96. The second kappa shape index (κ2) is 6.14. The van der Waals surface area contributed by atoms with Crippen molar-refractivity contribution >= 4 is 21.4 Å². The summed E-state index contributed by atoms with van der Waals surface area (Å²) in [7, 11) is 0. The fourth-order valence-electron chi connectivity index (χ4n) is 2.73. The van der Waals surface area contributed by atoms with Gasteiger partial charge >= 0.3 is 0 Å². The molecule has 3 N–H and O–H groups in total. The highest BCUT2D eigenvalue weighted by molar-refractivity contribution is 7.23. The molecule has 0 amide bonds. The number of thiophene rings is 1. The molecule has 0 bridgehead atoms. The third kappa shape index (κ3) is 2.43. The molecule has 0 aliphatic heterocycles. The van der Waals surface area contributed by atoms with Crippen molar-refractivity contribution in [3.63, 3.8) is 0 Å². The highest BCUT2D eigenvalue weighted by Crippen LogP contribution is 2.44. The Morgan fingerprint density at radius 3 is 1.77 bits per heavy atom. The summed E-state index contributed by atoms with van der Waals surface area (Å²) >= 11 is 1.87. The summed E-state index contributed by atoms with van der Waals surface area (Å²) in [6, 6.07) is 30.0. The van der Waals surface area contributed by atoms with Crippen molar-refractivity contribution in [2.45, 2.75) is 0 Å². The number of fused-ring (bicyclic) bond motifs is 1. The van der Waals surface area contributed by atoms with Crippen LogP contribution in [-0.2, 0) is 0 Å². The molecule has 0 atom stereocenters. The van der Waals surface area contributed by atoms with Crippen LogP contribution in [0, 0.1) is 0 Å². The molecule has 0 saturated heterocycles. The Morgan fingerprint density at radius 1 is 0.545 bits per heavy atom. The molecule has 0 unspecified atom stereocenters. The SMILES string of the molecule is N.c1ccc(-c2sc3ccccc3c2-c2ccccc2)cc1. The molecule has 1 nitrogen and oxygen atoms in total. The fourth-order valence-corrected chi connectivity index (χ4v) is 3.96. The first kappa shape index (κ1) is 14.5. The van der Waals surface area contributed by atoms with Crippen LogP contribution in [0.1, 0.15) is 0 Å². The summed E-state index contributed by atoms with van der Waals surface area (Å²) < 4.78 is 1.34. The van der Waals surface area contributed by atoms with Crippen LogP contribution in [-0.4, -0.2) is 0 Å². The lowest BCUT2D eigenvalue weighted by Gasteiger charge is -2.05. The Morgan fingerprint density at radius 2 is 1.09 bits per heavy atom. The average molecular weight is 303 g/mol. The summed E-state index contributed by atoms with van der Waals surface area (Å²) in [5, 5.41) is 1.34. The van der Waals surface area contributed by atoms with E-state index in [9.17, 15) is 0 Å². The molecule has 0 radical (unpaired) electrons. The van der Waals surface area contributed by atoms with E-state index < -0.39 is 0 Å². The second-order valence-corrected chi connectivity index (χ2v) is 6.09. The molecule has 0 aliphatic carbocycles. The molecule has 0 fully saturated rings. The topological polar surface area (TPSA) is 35.0 Å². The third-order valence-electron chi connectivity index (χ3n) is 3.69. The van der Waals surface area contributed by atoms with Crippen LogP contribution >= 0.6 is 11.3 Å². The van der Waals surface area contributed by atoms with Crippen molar-refractivity contribution in [2.24, 2.45) is 0 Å². The van der Waals surface area contributed by atoms with Crippen LogP contribution in [0.3, 0.4) is 0 Å². The van der Waals surface area contributed by atoms with Crippen LogP contribution in [0.5, 0.6) is 0 Å². The monoisotopic (exact) mass is 303 g/mol. The first-order chi connectivity index (χ1) is 10.4. The maximum atomic E-state index is 2.22. The predicted molar refractivity (Wildman–Crippen MR) is 97.7 cm³/mol. The quantitative estimate of drug-likeness (QED) is 0.457. The minimum Gasteiger partial charge on any atom is -0.344 e. The summed E-state index contributed by atoms with van der Waals surface area (Å²) in [5.41, 5.74) is 3.92. The van der Waals surface area contributed by atoms with E-state index in [1.807, 2.05) is 11.3 Å². The van der Waals surface area contributed by atoms with E-state index in [0.717, 1.165) is 0 Å². The van der Waals surface area contributed by atoms with Gasteiger partial charge in [0, 0.05) is 20.5 Å². The van der Waals surface area contributed by atoms with E-state index >= 15 is 0 Å². The van der Waals surface area contributed by atoms with E-state index in [2.05, 4.69) is 84.9 Å². The number of rotatable bonds is 2. The largest absolute Gasteiger partial charge is 0.344 e. The van der Waals surface area contributed by atoms with Gasteiger partial charge in [-0.3, -0.25) is 0 Å². The van der Waals surface area contributed by atoms with E-state index in [-0.39, 0.29) is 6.15 Å². The lowest BCUT2D eigenvalue weighted by Crippen LogP contribution is -1.79. The van der Waals surface area contributed by atoms with Crippen molar-refractivity contribution in [3.8, 4) is 21.6 Å². The minimum absolute atomic E-state index is 0. The molecule has 0 saturated carbocycles. The van der Waals surface area contributed by atoms with Crippen molar-refractivity contribution in [1.82, 2.24) is 6.15 Å². The lowest BCUT2D eigenvalue weighted by atomic mass is 9.99. The van der Waals surface area contributed by atoms with Gasteiger partial charge in [0.25, 0.3) is 0 Å². The first-order valence-electron chi connectivity index (χ1n) is 7.06. The van der Waals surface area contributed by atoms with Crippen molar-refractivity contribution in [2.75, 3.05) is 0 Å². The molecule has 22 heavy (non-hydrogen) atoms. The molecule has 2 heteroatoms. The zero-order valence-corrected chi connectivity index (χ0v) is 13.0. The molecular weight excluding hydrogens is 286 g/mol. The van der Waals surface area contributed by atoms with E-state index in [0.29, 0.717) is 0 Å². The Kier molecular flexibility index (Phi) is 4.05. The summed E-state index contributed by atoms with van der Waals surface area (Å²) in [6.07, 6.45) is 0. The number of hydrogen-bond donors (Lipinski definition) is 1. The Bertz CT molecular complexity index is 879. The van der Waals surface area contributed by atoms with E-state index in [1.165, 1.54) is 31.7 Å². The maximum absolute atomic E-state index is 2.22. The van der Waals surface area contributed by atoms with Gasteiger partial charge in [-0.2, -0.15) is 0 Å². The molecule has 4 aromatic rings. The highest BCUT2D eigenvalue weighted by atomic mass is 32.1. The molecule has 108 valence electrons. The van der Waals surface area contributed by atoms with Gasteiger partial charge < -0.3 is 6.15 Å². The minimum atomic E-state index is 0. The fraction of sp³-hybridized carbons (Fsp3) is 0. The van der Waals surface area contributed by atoms with Crippen LogP contribution in [0.25, 0.3) is 31.7 Å². The molecular formula is C20H17NS. The first-order valence-corrected chi connectivity index (χ1v) is 7.87. The van der Waals surface area contributed by atoms with Crippen LogP contribution < -0.4 is 6.15 Å². The lowest BCUT2D eigenvalue weighted by molar-refractivity contribution is 1.66. The standard InChI is InChI=1S/C20H14S.H3N/c1-3-9-15(10-4-1)19-17-13-7-8-14-18(17)21-20(19)16-11-5-2-6-12-16;/h1-14H;1H3. The molecule has 4 rings (SSSR count). The van der Waals surface area contributed by atoms with Crippen molar-refractivity contribution in [3.05, 3.63) is 84.9 Å². The number of hydrogen-bond acceptors (Lipinski definition) is 2. The van der Waals surface area contributed by atoms with Gasteiger partial charge in [-0.05, 0) is 17.2 Å². The molecule has 1 heterocycles. The van der Waals surface area contributed by atoms with Crippen LogP contribution in [0.15, 0.2) is 84.9 Å². The van der Waals surface area contributed by atoms with Gasteiger partial charge in [-0.25, -0.2) is 0 Å². The summed E-state index contributed by atoms with van der Waals surface area (Å²) in [6.45, 7) is 0. The van der Waals surface area contributed by atoms with Gasteiger partial charge in [-0.1, -0.05) is 78.9 Å². The number of benzene rings is 3. The molecule has 0 aliphatic rings. The normalized spacial score (nSPS) is 10.4. The second-order valence-electron chi connectivity index (χ2n) is 5.03. The van der Waals surface area contributed by atoms with E-state index in [1.54, 1.807) is 0 Å². The molecule has 1 aromatic heterocycles. The smallest absolute Gasteiger partial charge is 0.0433 e. The van der Waals surface area contributed by atoms with E-state index in [4.69, 9.17) is 0 Å². The van der Waals surface area contributed by atoms with Crippen molar-refractivity contribution < 1.29 is 0 Å². The Balaban J connectivity index is 0.00000144. The Labute approximate surface area is 134 Å². The summed E-state index contributed by atoms with van der Waals surface area (Å²) in [4.78, 5) is 1.35. The Hall–Kier alpha value is -2.42. The zero-order chi connectivity index (χ0) is 14.1. The predicted octanol–water partition coefficient (Wildman–Crippen LogP) is 6.40. The highest BCUT2D eigenvalue weighted by Gasteiger charge is 2.14. The van der Waals surface area contributed by atoms with Gasteiger partial charge in [0.15, 0.2) is 0 Å². The van der Waals surface area contributed by atoms with Crippen molar-refractivity contribution in [1.29, 1.82) is 0 Å². The van der Waals surface area contributed by atoms with Gasteiger partial charge in [0.1, 0.15) is 0 Å². The van der Waals surface area contributed by atoms with Gasteiger partial charge in [0.2, 0.25) is 0 Å².